The van der Waals surface area contributed by atoms with Crippen molar-refractivity contribution in [2.75, 3.05) is 42.1 Å². The molecular weight excluding hydrogens is 446 g/mol. The highest BCUT2D eigenvalue weighted by Gasteiger charge is 2.25. The third-order valence-corrected chi connectivity index (χ3v) is 6.99. The van der Waals surface area contributed by atoms with Crippen molar-refractivity contribution in [2.24, 2.45) is 0 Å². The Bertz CT molecular complexity index is 1080. The Labute approximate surface area is 171 Å². The molecule has 3 heterocycles. The zero-order valence-corrected chi connectivity index (χ0v) is 17.7. The van der Waals surface area contributed by atoms with Crippen molar-refractivity contribution in [2.45, 2.75) is 6.92 Å². The first kappa shape index (κ1) is 19.1. The number of halogens is 1. The maximum absolute atomic E-state index is 12.0. The number of nitrogens with one attached hydrogen (secondary N) is 1. The standard InChI is InChI=1S/C17H20BrN7O2S/c1-2-28(26,27)24-9-7-23(8-10-24)14-5-3-13(4-6-14)21-16-17-19-12-20-25(17)11-15(18)22-16/h3-6,11-12H,2,7-10H2,1H3,(H,21,22). The molecule has 1 aliphatic rings. The van der Waals surface area contributed by atoms with Crippen LogP contribution in [0.2, 0.25) is 0 Å². The first-order chi connectivity index (χ1) is 13.5. The molecule has 1 fully saturated rings. The van der Waals surface area contributed by atoms with E-state index in [9.17, 15) is 8.42 Å². The summed E-state index contributed by atoms with van der Waals surface area (Å²) in [5.41, 5.74) is 2.58. The van der Waals surface area contributed by atoms with E-state index >= 15 is 0 Å². The van der Waals surface area contributed by atoms with E-state index in [0.717, 1.165) is 11.4 Å². The summed E-state index contributed by atoms with van der Waals surface area (Å²) in [5.74, 6) is 0.758. The Morgan fingerprint density at radius 3 is 2.54 bits per heavy atom. The van der Waals surface area contributed by atoms with E-state index in [2.05, 4.69) is 41.2 Å². The lowest BCUT2D eigenvalue weighted by Gasteiger charge is -2.35. The number of benzene rings is 1. The summed E-state index contributed by atoms with van der Waals surface area (Å²) in [6, 6.07) is 7.98. The zero-order chi connectivity index (χ0) is 19.7. The molecule has 1 aromatic carbocycles. The molecule has 4 rings (SSSR count). The average molecular weight is 466 g/mol. The van der Waals surface area contributed by atoms with Crippen molar-refractivity contribution in [1.82, 2.24) is 23.9 Å². The highest BCUT2D eigenvalue weighted by molar-refractivity contribution is 9.10. The van der Waals surface area contributed by atoms with E-state index in [1.54, 1.807) is 21.9 Å². The Morgan fingerprint density at radius 1 is 1.14 bits per heavy atom. The Balaban J connectivity index is 1.45. The smallest absolute Gasteiger partial charge is 0.213 e. The van der Waals surface area contributed by atoms with E-state index in [4.69, 9.17) is 0 Å². The highest BCUT2D eigenvalue weighted by atomic mass is 79.9. The van der Waals surface area contributed by atoms with E-state index in [-0.39, 0.29) is 5.75 Å². The minimum atomic E-state index is -3.11. The number of fused-ring (bicyclic) bond motifs is 1. The molecule has 0 radical (unpaired) electrons. The molecule has 28 heavy (non-hydrogen) atoms. The maximum Gasteiger partial charge on any atom is 0.213 e. The number of nitrogens with zero attached hydrogens (tertiary/aromatic N) is 6. The largest absolute Gasteiger partial charge is 0.369 e. The number of rotatable bonds is 5. The minimum Gasteiger partial charge on any atom is -0.369 e. The summed E-state index contributed by atoms with van der Waals surface area (Å²) in [6.07, 6.45) is 3.23. The first-order valence-electron chi connectivity index (χ1n) is 8.92. The number of hydrogen-bond acceptors (Lipinski definition) is 7. The first-order valence-corrected chi connectivity index (χ1v) is 11.3. The minimum absolute atomic E-state index is 0.149. The van der Waals surface area contributed by atoms with Gasteiger partial charge in [-0.2, -0.15) is 9.40 Å². The number of piperazine rings is 1. The van der Waals surface area contributed by atoms with Crippen LogP contribution in [0.5, 0.6) is 0 Å². The van der Waals surface area contributed by atoms with E-state index in [1.807, 2.05) is 24.3 Å². The molecule has 1 N–H and O–H groups in total. The molecule has 3 aromatic rings. The Morgan fingerprint density at radius 2 is 1.86 bits per heavy atom. The quantitative estimate of drug-likeness (QED) is 0.615. The van der Waals surface area contributed by atoms with Crippen molar-refractivity contribution in [3.8, 4) is 0 Å². The average Bonchev–Trinajstić information content (AvgIpc) is 3.17. The Hall–Kier alpha value is -2.24. The predicted molar refractivity (Wildman–Crippen MR) is 111 cm³/mol. The molecule has 0 saturated carbocycles. The maximum atomic E-state index is 12.0. The van der Waals surface area contributed by atoms with Gasteiger partial charge in [0.05, 0.1) is 11.9 Å². The molecule has 2 aromatic heterocycles. The van der Waals surface area contributed by atoms with Crippen LogP contribution in [0.1, 0.15) is 6.92 Å². The SMILES string of the molecule is CCS(=O)(=O)N1CCN(c2ccc(Nc3nc(Br)cn4ncnc34)cc2)CC1. The summed E-state index contributed by atoms with van der Waals surface area (Å²) >= 11 is 3.38. The van der Waals surface area contributed by atoms with Gasteiger partial charge in [0.15, 0.2) is 11.5 Å². The molecule has 0 atom stereocenters. The topological polar surface area (TPSA) is 95.7 Å². The molecule has 0 spiro atoms. The fourth-order valence-electron chi connectivity index (χ4n) is 3.18. The lowest BCUT2D eigenvalue weighted by Crippen LogP contribution is -2.49. The van der Waals surface area contributed by atoms with Crippen LogP contribution in [-0.2, 0) is 10.0 Å². The van der Waals surface area contributed by atoms with Crippen molar-refractivity contribution >= 4 is 48.8 Å². The number of aromatic nitrogens is 4. The van der Waals surface area contributed by atoms with Gasteiger partial charge in [-0.3, -0.25) is 0 Å². The molecule has 9 nitrogen and oxygen atoms in total. The molecular formula is C17H20BrN7O2S. The second-order valence-electron chi connectivity index (χ2n) is 6.40. The Kier molecular flexibility index (Phi) is 5.21. The van der Waals surface area contributed by atoms with E-state index < -0.39 is 10.0 Å². The van der Waals surface area contributed by atoms with Gasteiger partial charge in [0.25, 0.3) is 0 Å². The van der Waals surface area contributed by atoms with Gasteiger partial charge in [0.1, 0.15) is 10.9 Å². The number of sulfonamides is 1. The van der Waals surface area contributed by atoms with Crippen molar-refractivity contribution in [3.63, 3.8) is 0 Å². The fraction of sp³-hybridized carbons (Fsp3) is 0.353. The monoisotopic (exact) mass is 465 g/mol. The van der Waals surface area contributed by atoms with Crippen molar-refractivity contribution in [1.29, 1.82) is 0 Å². The molecule has 148 valence electrons. The highest BCUT2D eigenvalue weighted by Crippen LogP contribution is 2.24. The molecule has 0 bridgehead atoms. The molecule has 0 amide bonds. The molecule has 0 aliphatic carbocycles. The van der Waals surface area contributed by atoms with Crippen LogP contribution in [0.15, 0.2) is 41.4 Å². The van der Waals surface area contributed by atoms with E-state index in [0.29, 0.717) is 42.2 Å². The lowest BCUT2D eigenvalue weighted by molar-refractivity contribution is 0.385. The third kappa shape index (κ3) is 3.82. The van der Waals surface area contributed by atoms with Gasteiger partial charge >= 0.3 is 0 Å². The van der Waals surface area contributed by atoms with Crippen molar-refractivity contribution < 1.29 is 8.42 Å². The fourth-order valence-corrected chi connectivity index (χ4v) is 4.64. The molecule has 11 heteroatoms. The summed E-state index contributed by atoms with van der Waals surface area (Å²) in [4.78, 5) is 10.8. The summed E-state index contributed by atoms with van der Waals surface area (Å²) < 4.78 is 27.9. The lowest BCUT2D eigenvalue weighted by atomic mass is 10.2. The zero-order valence-electron chi connectivity index (χ0n) is 15.3. The van der Waals surface area contributed by atoms with Crippen LogP contribution in [-0.4, -0.2) is 64.2 Å². The van der Waals surface area contributed by atoms with Gasteiger partial charge in [-0.05, 0) is 47.1 Å². The second kappa shape index (κ2) is 7.64. The molecule has 1 saturated heterocycles. The van der Waals surface area contributed by atoms with Crippen LogP contribution in [0, 0.1) is 0 Å². The van der Waals surface area contributed by atoms with Crippen LogP contribution < -0.4 is 10.2 Å². The number of anilines is 3. The molecule has 0 unspecified atom stereocenters. The van der Waals surface area contributed by atoms with Crippen molar-refractivity contribution in [3.05, 3.63) is 41.4 Å². The summed E-state index contributed by atoms with van der Waals surface area (Å²) in [5, 5.41) is 7.40. The third-order valence-electron chi connectivity index (χ3n) is 4.72. The van der Waals surface area contributed by atoms with Gasteiger partial charge in [-0.15, -0.1) is 0 Å². The summed E-state index contributed by atoms with van der Waals surface area (Å²) in [7, 11) is -3.11. The van der Waals surface area contributed by atoms with Gasteiger partial charge in [0.2, 0.25) is 10.0 Å². The second-order valence-corrected chi connectivity index (χ2v) is 9.47. The van der Waals surface area contributed by atoms with Crippen LogP contribution in [0.3, 0.4) is 0 Å². The van der Waals surface area contributed by atoms with Gasteiger partial charge in [-0.25, -0.2) is 22.9 Å². The van der Waals surface area contributed by atoms with Crippen LogP contribution in [0.25, 0.3) is 5.65 Å². The predicted octanol–water partition coefficient (Wildman–Crippen LogP) is 2.10. The van der Waals surface area contributed by atoms with E-state index in [1.165, 1.54) is 6.33 Å². The van der Waals surface area contributed by atoms with Gasteiger partial charge in [0, 0.05) is 37.6 Å². The normalized spacial score (nSPS) is 15.9. The molecule has 1 aliphatic heterocycles. The van der Waals surface area contributed by atoms with Crippen LogP contribution >= 0.6 is 15.9 Å². The van der Waals surface area contributed by atoms with Gasteiger partial charge in [-0.1, -0.05) is 0 Å². The van der Waals surface area contributed by atoms with Crippen LogP contribution in [0.4, 0.5) is 17.2 Å². The number of hydrogen-bond donors (Lipinski definition) is 1. The summed E-state index contributed by atoms with van der Waals surface area (Å²) in [6.45, 7) is 4.08. The van der Waals surface area contributed by atoms with Gasteiger partial charge < -0.3 is 10.2 Å².